The van der Waals surface area contributed by atoms with Crippen molar-refractivity contribution < 1.29 is 9.22 Å². The highest BCUT2D eigenvalue weighted by Gasteiger charge is 2.49. The minimum absolute atomic E-state index is 0.0106. The van der Waals surface area contributed by atoms with Gasteiger partial charge in [-0.3, -0.25) is 4.79 Å². The first-order valence-corrected chi connectivity index (χ1v) is 15.9. The SMILES string of the molecule is CC(=O)/C=C/CC/C(C)=C/CC/C(C)=C/C/C(C)=C/CO[Si](c1ccccc1)(c1ccccc1)C(C)(C)C. The van der Waals surface area contributed by atoms with Crippen LogP contribution < -0.4 is 10.4 Å². The van der Waals surface area contributed by atoms with E-state index in [0.29, 0.717) is 6.61 Å². The molecule has 0 aliphatic heterocycles. The number of ketones is 1. The van der Waals surface area contributed by atoms with E-state index in [-0.39, 0.29) is 10.8 Å². The maximum Gasteiger partial charge on any atom is 0.261 e. The second kappa shape index (κ2) is 15.6. The van der Waals surface area contributed by atoms with Crippen molar-refractivity contribution in [2.75, 3.05) is 6.61 Å². The summed E-state index contributed by atoms with van der Waals surface area (Å²) in [5.74, 6) is 0.117. The summed E-state index contributed by atoms with van der Waals surface area (Å²) < 4.78 is 7.00. The lowest BCUT2D eigenvalue weighted by Gasteiger charge is -2.42. The van der Waals surface area contributed by atoms with Crippen LogP contribution in [0.4, 0.5) is 0 Å². The fraction of sp³-hybridized carbons (Fsp3) is 0.400. The zero-order valence-corrected chi connectivity index (χ0v) is 25.7. The van der Waals surface area contributed by atoms with Gasteiger partial charge in [0.2, 0.25) is 0 Å². The van der Waals surface area contributed by atoms with Crippen LogP contribution in [0.1, 0.15) is 80.6 Å². The Hall–Kier alpha value is -2.75. The topological polar surface area (TPSA) is 26.3 Å². The predicted molar refractivity (Wildman–Crippen MR) is 168 cm³/mol. The zero-order valence-electron chi connectivity index (χ0n) is 24.7. The van der Waals surface area contributed by atoms with Crippen LogP contribution in [-0.4, -0.2) is 20.7 Å². The molecule has 0 spiro atoms. The molecular weight excluding hydrogens is 480 g/mol. The number of carbonyl (C=O) groups is 1. The van der Waals surface area contributed by atoms with Crippen LogP contribution >= 0.6 is 0 Å². The molecule has 0 bridgehead atoms. The molecule has 0 atom stereocenters. The number of allylic oxidation sites excluding steroid dienone is 7. The van der Waals surface area contributed by atoms with E-state index in [1.165, 1.54) is 27.1 Å². The van der Waals surface area contributed by atoms with E-state index in [1.807, 2.05) is 6.08 Å². The maximum absolute atomic E-state index is 11.0. The zero-order chi connectivity index (χ0) is 28.0. The van der Waals surface area contributed by atoms with Crippen LogP contribution in [0.5, 0.6) is 0 Å². The van der Waals surface area contributed by atoms with E-state index in [4.69, 9.17) is 4.43 Å². The molecule has 0 aliphatic carbocycles. The van der Waals surface area contributed by atoms with E-state index in [2.05, 4.69) is 120 Å². The molecule has 38 heavy (non-hydrogen) atoms. The molecule has 2 aromatic rings. The first kappa shape index (κ1) is 31.5. The maximum atomic E-state index is 11.0. The van der Waals surface area contributed by atoms with Crippen LogP contribution in [0.2, 0.25) is 5.04 Å². The lowest BCUT2D eigenvalue weighted by atomic mass is 10.1. The second-order valence-corrected chi connectivity index (χ2v) is 15.7. The molecule has 2 rings (SSSR count). The van der Waals surface area contributed by atoms with E-state index in [0.717, 1.165) is 32.1 Å². The standard InChI is InChI=1S/C35H48O2Si/c1-29(17-14-15-20-32(4)36)18-16-19-30(2)25-26-31(3)27-28-37-38(35(5,6)7,33-21-10-8-11-22-33)34-23-12-9-13-24-34/h8-13,15,18,20-25,27H,14,16-17,19,26,28H2,1-7H3/b20-15+,29-18+,30-25+,31-27+. The first-order chi connectivity index (χ1) is 18.1. The van der Waals surface area contributed by atoms with Gasteiger partial charge >= 0.3 is 0 Å². The number of carbonyl (C=O) groups excluding carboxylic acids is 1. The van der Waals surface area contributed by atoms with Gasteiger partial charge < -0.3 is 4.43 Å². The van der Waals surface area contributed by atoms with E-state index >= 15 is 0 Å². The minimum atomic E-state index is -2.49. The molecule has 0 radical (unpaired) electrons. The Kier molecular flexibility index (Phi) is 12.9. The van der Waals surface area contributed by atoms with Gasteiger partial charge in [-0.1, -0.05) is 122 Å². The Balaban J connectivity index is 2.02. The molecule has 2 aromatic carbocycles. The Morgan fingerprint density at radius 1 is 0.737 bits per heavy atom. The second-order valence-electron chi connectivity index (χ2n) is 11.4. The number of benzene rings is 2. The molecule has 0 saturated carbocycles. The third-order valence-electron chi connectivity index (χ3n) is 7.01. The summed E-state index contributed by atoms with van der Waals surface area (Å²) in [4.78, 5) is 11.0. The predicted octanol–water partition coefficient (Wildman–Crippen LogP) is 8.50. The van der Waals surface area contributed by atoms with Crippen molar-refractivity contribution in [3.05, 3.63) is 108 Å². The lowest BCUT2D eigenvalue weighted by Crippen LogP contribution is -2.66. The van der Waals surface area contributed by atoms with Crippen LogP contribution in [-0.2, 0) is 9.22 Å². The van der Waals surface area contributed by atoms with Crippen molar-refractivity contribution in [3.63, 3.8) is 0 Å². The highest BCUT2D eigenvalue weighted by Crippen LogP contribution is 2.36. The molecule has 0 N–H and O–H groups in total. The van der Waals surface area contributed by atoms with Gasteiger partial charge in [0.1, 0.15) is 0 Å². The first-order valence-electron chi connectivity index (χ1n) is 13.9. The highest BCUT2D eigenvalue weighted by molar-refractivity contribution is 6.99. The van der Waals surface area contributed by atoms with Gasteiger partial charge in [-0.25, -0.2) is 0 Å². The summed E-state index contributed by atoms with van der Waals surface area (Å²) in [6.07, 6.45) is 15.6. The molecule has 0 aromatic heterocycles. The number of rotatable bonds is 14. The van der Waals surface area contributed by atoms with Crippen molar-refractivity contribution in [2.45, 2.75) is 85.6 Å². The Morgan fingerprint density at radius 3 is 1.79 bits per heavy atom. The molecule has 0 aliphatic rings. The largest absolute Gasteiger partial charge is 0.404 e. The van der Waals surface area contributed by atoms with Crippen molar-refractivity contribution in [1.82, 2.24) is 0 Å². The van der Waals surface area contributed by atoms with Gasteiger partial charge in [0.25, 0.3) is 8.32 Å². The summed E-state index contributed by atoms with van der Waals surface area (Å²) in [6.45, 7) is 15.8. The average Bonchev–Trinajstić information content (AvgIpc) is 2.88. The minimum Gasteiger partial charge on any atom is -0.404 e. The van der Waals surface area contributed by atoms with E-state index in [9.17, 15) is 4.79 Å². The smallest absolute Gasteiger partial charge is 0.261 e. The van der Waals surface area contributed by atoms with E-state index < -0.39 is 8.32 Å². The summed E-state index contributed by atoms with van der Waals surface area (Å²) in [5, 5.41) is 2.63. The Bertz CT molecular complexity index is 1080. The van der Waals surface area contributed by atoms with Crippen molar-refractivity contribution in [1.29, 1.82) is 0 Å². The van der Waals surface area contributed by atoms with E-state index in [1.54, 1.807) is 13.0 Å². The van der Waals surface area contributed by atoms with Gasteiger partial charge in [-0.2, -0.15) is 0 Å². The molecule has 0 heterocycles. The van der Waals surface area contributed by atoms with Crippen LogP contribution in [0, 0.1) is 0 Å². The van der Waals surface area contributed by atoms with Crippen LogP contribution in [0.3, 0.4) is 0 Å². The molecule has 2 nitrogen and oxygen atoms in total. The highest BCUT2D eigenvalue weighted by atomic mass is 28.4. The number of hydrogen-bond acceptors (Lipinski definition) is 2. The summed E-state index contributed by atoms with van der Waals surface area (Å²) in [6, 6.07) is 21.7. The summed E-state index contributed by atoms with van der Waals surface area (Å²) in [7, 11) is -2.49. The third kappa shape index (κ3) is 9.85. The van der Waals surface area contributed by atoms with Gasteiger partial charge in [0.15, 0.2) is 5.78 Å². The molecule has 0 amide bonds. The van der Waals surface area contributed by atoms with Crippen molar-refractivity contribution in [2.24, 2.45) is 0 Å². The quantitative estimate of drug-likeness (QED) is 0.140. The molecule has 204 valence electrons. The van der Waals surface area contributed by atoms with Crippen molar-refractivity contribution >= 4 is 24.5 Å². The average molecular weight is 529 g/mol. The van der Waals surface area contributed by atoms with Gasteiger partial charge in [0, 0.05) is 0 Å². The molecular formula is C35H48O2Si. The monoisotopic (exact) mass is 528 g/mol. The fourth-order valence-corrected chi connectivity index (χ4v) is 9.29. The molecule has 0 saturated heterocycles. The lowest BCUT2D eigenvalue weighted by molar-refractivity contribution is -0.112. The summed E-state index contributed by atoms with van der Waals surface area (Å²) >= 11 is 0. The normalized spacial score (nSPS) is 13.8. The molecule has 3 heteroatoms. The van der Waals surface area contributed by atoms with Crippen LogP contribution in [0.15, 0.2) is 108 Å². The third-order valence-corrected chi connectivity index (χ3v) is 12.0. The van der Waals surface area contributed by atoms with Gasteiger partial charge in [0.05, 0.1) is 6.61 Å². The fourth-order valence-electron chi connectivity index (χ4n) is 4.80. The molecule has 0 fully saturated rings. The summed E-state index contributed by atoms with van der Waals surface area (Å²) in [5.41, 5.74) is 4.15. The Labute approximate surface area is 233 Å². The Morgan fingerprint density at radius 2 is 1.26 bits per heavy atom. The van der Waals surface area contributed by atoms with Gasteiger partial charge in [-0.05, 0) is 81.3 Å². The van der Waals surface area contributed by atoms with Gasteiger partial charge in [-0.15, -0.1) is 0 Å². The van der Waals surface area contributed by atoms with Crippen molar-refractivity contribution in [3.8, 4) is 0 Å². The van der Waals surface area contributed by atoms with Crippen LogP contribution in [0.25, 0.3) is 0 Å². The number of hydrogen-bond donors (Lipinski definition) is 0. The molecule has 0 unspecified atom stereocenters.